The summed E-state index contributed by atoms with van der Waals surface area (Å²) < 4.78 is 11.9. The quantitative estimate of drug-likeness (QED) is 0.236. The summed E-state index contributed by atoms with van der Waals surface area (Å²) in [7, 11) is 0. The molecule has 0 saturated heterocycles. The second-order valence-electron chi connectivity index (χ2n) is 8.69. The molecule has 0 aliphatic rings. The average molecular weight is 425 g/mol. The molecule has 0 N–H and O–H groups in total. The number of hydrogen-bond donors (Lipinski definition) is 0. The first kappa shape index (κ1) is 25.5. The molecule has 1 atom stereocenters. The second-order valence-corrected chi connectivity index (χ2v) is 8.69. The molecule has 2 rings (SSSR count). The summed E-state index contributed by atoms with van der Waals surface area (Å²) in [4.78, 5) is 0. The molecular weight excluding hydrogens is 380 g/mol. The van der Waals surface area contributed by atoms with Gasteiger partial charge in [-0.15, -0.1) is 0 Å². The smallest absolute Gasteiger partial charge is 0.119 e. The first-order valence-corrected chi connectivity index (χ1v) is 12.7. The largest absolute Gasteiger partial charge is 0.494 e. The summed E-state index contributed by atoms with van der Waals surface area (Å²) in [5.74, 6) is 0.967. The summed E-state index contributed by atoms with van der Waals surface area (Å²) >= 11 is 0. The zero-order valence-corrected chi connectivity index (χ0v) is 20.2. The van der Waals surface area contributed by atoms with E-state index in [2.05, 4.69) is 69.3 Å². The minimum atomic E-state index is 0.151. The third-order valence-electron chi connectivity index (χ3n) is 5.95. The molecule has 0 fully saturated rings. The summed E-state index contributed by atoms with van der Waals surface area (Å²) in [6.45, 7) is 8.33. The van der Waals surface area contributed by atoms with E-state index in [9.17, 15) is 0 Å². The van der Waals surface area contributed by atoms with E-state index in [1.807, 2.05) is 0 Å². The molecule has 0 heterocycles. The maximum Gasteiger partial charge on any atom is 0.119 e. The van der Waals surface area contributed by atoms with E-state index in [1.54, 1.807) is 0 Å². The maximum absolute atomic E-state index is 6.03. The third-order valence-corrected chi connectivity index (χ3v) is 5.95. The highest BCUT2D eigenvalue weighted by Gasteiger charge is 2.06. The Kier molecular flexibility index (Phi) is 13.1. The van der Waals surface area contributed by atoms with E-state index in [0.717, 1.165) is 31.8 Å². The van der Waals surface area contributed by atoms with Crippen molar-refractivity contribution in [2.24, 2.45) is 0 Å². The number of benzene rings is 2. The molecule has 0 aliphatic carbocycles. The van der Waals surface area contributed by atoms with Crippen LogP contribution in [-0.4, -0.2) is 13.2 Å². The topological polar surface area (TPSA) is 18.5 Å². The van der Waals surface area contributed by atoms with Gasteiger partial charge in [0.15, 0.2) is 0 Å². The Balaban J connectivity index is 1.71. The standard InChI is InChI=1S/C29H44O2/c1-4-6-8-10-12-14-24-31-29-21-19-28(20-22-29)27-17-15-26(16-18-27)25(3)30-23-13-11-9-7-5-2/h15-22,25H,4-14,23-24H2,1-3H3. The second kappa shape index (κ2) is 15.9. The Bertz CT molecular complexity index is 675. The van der Waals surface area contributed by atoms with Crippen LogP contribution in [0.15, 0.2) is 48.5 Å². The third kappa shape index (κ3) is 10.4. The van der Waals surface area contributed by atoms with E-state index in [-0.39, 0.29) is 6.10 Å². The highest BCUT2D eigenvalue weighted by molar-refractivity contribution is 5.64. The maximum atomic E-state index is 6.03. The van der Waals surface area contributed by atoms with Gasteiger partial charge in [-0.05, 0) is 48.6 Å². The first-order valence-electron chi connectivity index (χ1n) is 12.7. The molecule has 0 bridgehead atoms. The molecule has 2 heteroatoms. The van der Waals surface area contributed by atoms with E-state index in [4.69, 9.17) is 9.47 Å². The zero-order valence-electron chi connectivity index (χ0n) is 20.2. The molecule has 0 saturated carbocycles. The van der Waals surface area contributed by atoms with Crippen molar-refractivity contribution >= 4 is 0 Å². The first-order chi connectivity index (χ1) is 15.2. The van der Waals surface area contributed by atoms with Gasteiger partial charge in [-0.25, -0.2) is 0 Å². The average Bonchev–Trinajstić information content (AvgIpc) is 2.81. The molecule has 2 aromatic carbocycles. The molecular formula is C29H44O2. The minimum Gasteiger partial charge on any atom is -0.494 e. The van der Waals surface area contributed by atoms with E-state index < -0.39 is 0 Å². The van der Waals surface area contributed by atoms with Gasteiger partial charge in [-0.1, -0.05) is 108 Å². The monoisotopic (exact) mass is 424 g/mol. The molecule has 0 amide bonds. The molecule has 172 valence electrons. The van der Waals surface area contributed by atoms with Crippen LogP contribution in [0.5, 0.6) is 5.75 Å². The zero-order chi connectivity index (χ0) is 22.2. The van der Waals surface area contributed by atoms with Gasteiger partial charge in [0.25, 0.3) is 0 Å². The van der Waals surface area contributed by atoms with Gasteiger partial charge in [0.2, 0.25) is 0 Å². The summed E-state index contributed by atoms with van der Waals surface area (Å²) in [6.07, 6.45) is 14.3. The lowest BCUT2D eigenvalue weighted by Crippen LogP contribution is -2.01. The van der Waals surface area contributed by atoms with Crippen molar-refractivity contribution < 1.29 is 9.47 Å². The molecule has 0 radical (unpaired) electrons. The van der Waals surface area contributed by atoms with Gasteiger partial charge >= 0.3 is 0 Å². The summed E-state index contributed by atoms with van der Waals surface area (Å²) in [5.41, 5.74) is 3.71. The van der Waals surface area contributed by atoms with Crippen LogP contribution < -0.4 is 4.74 Å². The fourth-order valence-electron chi connectivity index (χ4n) is 3.82. The van der Waals surface area contributed by atoms with Crippen molar-refractivity contribution in [1.82, 2.24) is 0 Å². The number of ether oxygens (including phenoxy) is 2. The van der Waals surface area contributed by atoms with E-state index >= 15 is 0 Å². The molecule has 31 heavy (non-hydrogen) atoms. The normalized spacial score (nSPS) is 12.1. The van der Waals surface area contributed by atoms with Gasteiger partial charge in [-0.3, -0.25) is 0 Å². The van der Waals surface area contributed by atoms with Crippen LogP contribution in [0.3, 0.4) is 0 Å². The van der Waals surface area contributed by atoms with Crippen LogP contribution in [0.25, 0.3) is 11.1 Å². The van der Waals surface area contributed by atoms with Crippen LogP contribution in [0.4, 0.5) is 0 Å². The van der Waals surface area contributed by atoms with Crippen LogP contribution >= 0.6 is 0 Å². The Labute approximate surface area is 191 Å². The SMILES string of the molecule is CCCCCCCCOc1ccc(-c2ccc(C(C)OCCCCCCC)cc2)cc1. The van der Waals surface area contributed by atoms with Crippen molar-refractivity contribution in [2.75, 3.05) is 13.2 Å². The number of unbranched alkanes of at least 4 members (excludes halogenated alkanes) is 9. The van der Waals surface area contributed by atoms with Crippen LogP contribution in [0, 0.1) is 0 Å². The lowest BCUT2D eigenvalue weighted by molar-refractivity contribution is 0.0627. The number of hydrogen-bond acceptors (Lipinski definition) is 2. The molecule has 0 spiro atoms. The van der Waals surface area contributed by atoms with Gasteiger partial charge in [0.1, 0.15) is 5.75 Å². The van der Waals surface area contributed by atoms with Crippen LogP contribution in [0.2, 0.25) is 0 Å². The number of rotatable bonds is 17. The lowest BCUT2D eigenvalue weighted by Gasteiger charge is -2.14. The lowest BCUT2D eigenvalue weighted by atomic mass is 10.0. The Morgan fingerprint density at radius 1 is 0.581 bits per heavy atom. The summed E-state index contributed by atoms with van der Waals surface area (Å²) in [6, 6.07) is 17.3. The Hall–Kier alpha value is -1.80. The van der Waals surface area contributed by atoms with E-state index in [1.165, 1.54) is 74.5 Å². The highest BCUT2D eigenvalue weighted by atomic mass is 16.5. The Morgan fingerprint density at radius 2 is 1.06 bits per heavy atom. The summed E-state index contributed by atoms with van der Waals surface area (Å²) in [5, 5.41) is 0. The van der Waals surface area contributed by atoms with Crippen LogP contribution in [0.1, 0.15) is 103 Å². The van der Waals surface area contributed by atoms with Crippen molar-refractivity contribution in [3.8, 4) is 16.9 Å². The molecule has 1 unspecified atom stereocenters. The van der Waals surface area contributed by atoms with Gasteiger partial charge in [-0.2, -0.15) is 0 Å². The van der Waals surface area contributed by atoms with Gasteiger partial charge < -0.3 is 9.47 Å². The predicted octanol–water partition coefficient (Wildman–Crippen LogP) is 9.14. The van der Waals surface area contributed by atoms with Crippen molar-refractivity contribution in [3.05, 3.63) is 54.1 Å². The molecule has 2 nitrogen and oxygen atoms in total. The van der Waals surface area contributed by atoms with Crippen molar-refractivity contribution in [2.45, 2.75) is 97.5 Å². The van der Waals surface area contributed by atoms with Crippen molar-refractivity contribution in [1.29, 1.82) is 0 Å². The van der Waals surface area contributed by atoms with Gasteiger partial charge in [0, 0.05) is 6.61 Å². The fraction of sp³-hybridized carbons (Fsp3) is 0.586. The van der Waals surface area contributed by atoms with Gasteiger partial charge in [0.05, 0.1) is 12.7 Å². The molecule has 0 aliphatic heterocycles. The fourth-order valence-corrected chi connectivity index (χ4v) is 3.82. The highest BCUT2D eigenvalue weighted by Crippen LogP contribution is 2.25. The van der Waals surface area contributed by atoms with E-state index in [0.29, 0.717) is 0 Å². The minimum absolute atomic E-state index is 0.151. The Morgan fingerprint density at radius 3 is 1.65 bits per heavy atom. The van der Waals surface area contributed by atoms with Crippen molar-refractivity contribution in [3.63, 3.8) is 0 Å². The predicted molar refractivity (Wildman–Crippen MR) is 134 cm³/mol. The molecule has 0 aromatic heterocycles. The molecule has 2 aromatic rings. The van der Waals surface area contributed by atoms with Crippen LogP contribution in [-0.2, 0) is 4.74 Å².